The molecule has 0 saturated heterocycles. The zero-order chi connectivity index (χ0) is 17.2. The molecule has 0 saturated carbocycles. The number of carbonyl (C=O) groups excluding carboxylic acids is 1. The van der Waals surface area contributed by atoms with E-state index in [1.807, 2.05) is 28.3 Å². The van der Waals surface area contributed by atoms with Gasteiger partial charge >= 0.3 is 0 Å². The van der Waals surface area contributed by atoms with Gasteiger partial charge in [-0.15, -0.1) is 11.3 Å². The first kappa shape index (κ1) is 15.8. The minimum absolute atomic E-state index is 0.0370. The van der Waals surface area contributed by atoms with E-state index in [4.69, 9.17) is 4.74 Å². The van der Waals surface area contributed by atoms with Gasteiger partial charge in [-0.05, 0) is 5.56 Å². The Balaban J connectivity index is 1.48. The zero-order valence-corrected chi connectivity index (χ0v) is 14.7. The Hall–Kier alpha value is -2.67. The second kappa shape index (κ2) is 6.68. The number of hydrogen-bond donors (Lipinski definition) is 0. The van der Waals surface area contributed by atoms with Crippen molar-refractivity contribution in [3.63, 3.8) is 0 Å². The van der Waals surface area contributed by atoms with E-state index in [1.54, 1.807) is 18.2 Å². The molecule has 7 heteroatoms. The van der Waals surface area contributed by atoms with Crippen LogP contribution < -0.4 is 4.74 Å². The van der Waals surface area contributed by atoms with Gasteiger partial charge in [-0.1, -0.05) is 30.3 Å². The Kier molecular flexibility index (Phi) is 4.23. The van der Waals surface area contributed by atoms with Crippen LogP contribution in [0, 0.1) is 0 Å². The average molecular weight is 354 g/mol. The van der Waals surface area contributed by atoms with Gasteiger partial charge < -0.3 is 9.64 Å². The predicted molar refractivity (Wildman–Crippen MR) is 94.9 cm³/mol. The summed E-state index contributed by atoms with van der Waals surface area (Å²) in [5.41, 5.74) is 2.65. The maximum Gasteiger partial charge on any atom is 0.273 e. The number of fused-ring (bicyclic) bond motifs is 1. The summed E-state index contributed by atoms with van der Waals surface area (Å²) in [7, 11) is 1.62. The van der Waals surface area contributed by atoms with Crippen LogP contribution in [-0.4, -0.2) is 39.2 Å². The van der Waals surface area contributed by atoms with Crippen molar-refractivity contribution in [2.45, 2.75) is 19.5 Å². The van der Waals surface area contributed by atoms with Gasteiger partial charge in [0.1, 0.15) is 5.69 Å². The van der Waals surface area contributed by atoms with Gasteiger partial charge in [-0.2, -0.15) is 5.10 Å². The normalized spacial score (nSPS) is 13.6. The highest BCUT2D eigenvalue weighted by molar-refractivity contribution is 7.09. The van der Waals surface area contributed by atoms with Crippen LogP contribution in [-0.2, 0) is 19.5 Å². The number of ether oxygens (including phenoxy) is 1. The molecule has 0 N–H and O–H groups in total. The lowest BCUT2D eigenvalue weighted by atomic mass is 10.2. The van der Waals surface area contributed by atoms with Gasteiger partial charge in [0.05, 0.1) is 37.1 Å². The lowest BCUT2D eigenvalue weighted by molar-refractivity contribution is 0.0699. The molecule has 25 heavy (non-hydrogen) atoms. The van der Waals surface area contributed by atoms with Crippen LogP contribution in [0.5, 0.6) is 5.75 Å². The number of aromatic nitrogens is 3. The first-order chi connectivity index (χ1) is 12.2. The summed E-state index contributed by atoms with van der Waals surface area (Å²) >= 11 is 1.53. The van der Waals surface area contributed by atoms with Crippen LogP contribution in [0.2, 0.25) is 0 Å². The van der Waals surface area contributed by atoms with Crippen molar-refractivity contribution < 1.29 is 9.53 Å². The summed E-state index contributed by atoms with van der Waals surface area (Å²) in [5.74, 6) is 0.686. The molecule has 0 spiro atoms. The maximum atomic E-state index is 12.8. The number of nitrogens with zero attached hydrogens (tertiary/aromatic N) is 4. The second-order valence-electron chi connectivity index (χ2n) is 5.90. The lowest BCUT2D eigenvalue weighted by Gasteiger charge is -2.27. The molecule has 0 unspecified atom stereocenters. The molecule has 3 aromatic rings. The second-order valence-corrected chi connectivity index (χ2v) is 6.84. The smallest absolute Gasteiger partial charge is 0.273 e. The van der Waals surface area contributed by atoms with Crippen molar-refractivity contribution in [3.8, 4) is 5.75 Å². The minimum Gasteiger partial charge on any atom is -0.493 e. The molecule has 0 atom stereocenters. The van der Waals surface area contributed by atoms with Crippen LogP contribution in [0.3, 0.4) is 0 Å². The maximum absolute atomic E-state index is 12.8. The summed E-state index contributed by atoms with van der Waals surface area (Å²) in [4.78, 5) is 19.1. The third-order valence-electron chi connectivity index (χ3n) is 4.31. The Morgan fingerprint density at radius 3 is 2.92 bits per heavy atom. The molecule has 0 fully saturated rings. The predicted octanol–water partition coefficient (Wildman–Crippen LogP) is 2.60. The molecule has 0 bridgehead atoms. The molecule has 0 radical (unpaired) electrons. The van der Waals surface area contributed by atoms with E-state index in [0.29, 0.717) is 25.3 Å². The molecular weight excluding hydrogens is 336 g/mol. The standard InChI is InChI=1S/C18H18N4O2S/c1-24-16-10-19-22-8-7-21(11-15(16)22)18(23)14-12-25-17(20-14)9-13-5-3-2-4-6-13/h2-6,10,12H,7-9,11H2,1H3. The van der Waals surface area contributed by atoms with E-state index < -0.39 is 0 Å². The monoisotopic (exact) mass is 354 g/mol. The third-order valence-corrected chi connectivity index (χ3v) is 5.16. The Bertz CT molecular complexity index is 874. The van der Waals surface area contributed by atoms with Gasteiger partial charge in [0.2, 0.25) is 0 Å². The molecule has 4 rings (SSSR count). The Morgan fingerprint density at radius 1 is 1.28 bits per heavy atom. The van der Waals surface area contributed by atoms with Gasteiger partial charge in [-0.25, -0.2) is 4.98 Å². The van der Waals surface area contributed by atoms with E-state index in [9.17, 15) is 4.79 Å². The quantitative estimate of drug-likeness (QED) is 0.723. The van der Waals surface area contributed by atoms with Crippen LogP contribution in [0.1, 0.15) is 26.8 Å². The fraction of sp³-hybridized carbons (Fsp3) is 0.278. The van der Waals surface area contributed by atoms with Crippen molar-refractivity contribution in [2.75, 3.05) is 13.7 Å². The van der Waals surface area contributed by atoms with Crippen LogP contribution in [0.15, 0.2) is 41.9 Å². The fourth-order valence-corrected chi connectivity index (χ4v) is 3.79. The minimum atomic E-state index is -0.0370. The summed E-state index contributed by atoms with van der Waals surface area (Å²) in [6.45, 7) is 1.79. The van der Waals surface area contributed by atoms with E-state index in [0.717, 1.165) is 22.9 Å². The van der Waals surface area contributed by atoms with E-state index in [1.165, 1.54) is 16.9 Å². The largest absolute Gasteiger partial charge is 0.493 e. The third kappa shape index (κ3) is 3.15. The van der Waals surface area contributed by atoms with Crippen LogP contribution in [0.25, 0.3) is 0 Å². The number of hydrogen-bond acceptors (Lipinski definition) is 5. The number of benzene rings is 1. The van der Waals surface area contributed by atoms with Crippen molar-refractivity contribution in [1.82, 2.24) is 19.7 Å². The summed E-state index contributed by atoms with van der Waals surface area (Å²) in [6.07, 6.45) is 2.45. The zero-order valence-electron chi connectivity index (χ0n) is 13.9. The Labute approximate surface area is 149 Å². The molecule has 1 aromatic carbocycles. The number of rotatable bonds is 4. The molecule has 0 aliphatic carbocycles. The van der Waals surface area contributed by atoms with Crippen molar-refractivity contribution in [2.24, 2.45) is 0 Å². The average Bonchev–Trinajstić information content (AvgIpc) is 3.28. The van der Waals surface area contributed by atoms with Crippen molar-refractivity contribution in [3.05, 3.63) is 63.9 Å². The number of amides is 1. The number of methoxy groups -OCH3 is 1. The van der Waals surface area contributed by atoms with Gasteiger partial charge in [0, 0.05) is 18.3 Å². The molecule has 1 aliphatic rings. The number of thiazole rings is 1. The van der Waals surface area contributed by atoms with Crippen molar-refractivity contribution in [1.29, 1.82) is 0 Å². The van der Waals surface area contributed by atoms with Crippen molar-refractivity contribution >= 4 is 17.2 Å². The van der Waals surface area contributed by atoms with Crippen LogP contribution >= 0.6 is 11.3 Å². The molecular formula is C18H18N4O2S. The number of carbonyl (C=O) groups is 1. The molecule has 1 amide bonds. The SMILES string of the molecule is COc1cnn2c1CN(C(=O)c1csc(Cc3ccccc3)n1)CC2. The first-order valence-electron chi connectivity index (χ1n) is 8.11. The van der Waals surface area contributed by atoms with E-state index in [2.05, 4.69) is 22.2 Å². The van der Waals surface area contributed by atoms with Gasteiger partial charge in [-0.3, -0.25) is 9.48 Å². The summed E-state index contributed by atoms with van der Waals surface area (Å²) < 4.78 is 7.22. The fourth-order valence-electron chi connectivity index (χ4n) is 2.99. The highest BCUT2D eigenvalue weighted by atomic mass is 32.1. The van der Waals surface area contributed by atoms with Gasteiger partial charge in [0.15, 0.2) is 5.75 Å². The summed E-state index contributed by atoms with van der Waals surface area (Å²) in [5, 5.41) is 7.09. The van der Waals surface area contributed by atoms with E-state index >= 15 is 0 Å². The molecule has 6 nitrogen and oxygen atoms in total. The van der Waals surface area contributed by atoms with Crippen LogP contribution in [0.4, 0.5) is 0 Å². The Morgan fingerprint density at radius 2 is 2.12 bits per heavy atom. The molecule has 2 aromatic heterocycles. The highest BCUT2D eigenvalue weighted by Crippen LogP contribution is 2.24. The lowest BCUT2D eigenvalue weighted by Crippen LogP contribution is -2.38. The molecule has 3 heterocycles. The van der Waals surface area contributed by atoms with Gasteiger partial charge in [0.25, 0.3) is 5.91 Å². The first-order valence-corrected chi connectivity index (χ1v) is 8.99. The van der Waals surface area contributed by atoms with E-state index in [-0.39, 0.29) is 5.91 Å². The highest BCUT2D eigenvalue weighted by Gasteiger charge is 2.26. The molecule has 1 aliphatic heterocycles. The molecule has 128 valence electrons. The summed E-state index contributed by atoms with van der Waals surface area (Å²) in [6, 6.07) is 10.2. The topological polar surface area (TPSA) is 60.2 Å².